The van der Waals surface area contributed by atoms with Crippen LogP contribution in [0.1, 0.15) is 33.4 Å². The third-order valence-electron chi connectivity index (χ3n) is 4.09. The third kappa shape index (κ3) is 2.47. The molecule has 3 heterocycles. The predicted molar refractivity (Wildman–Crippen MR) is 79.6 cm³/mol. The number of rotatable bonds is 2. The molecule has 0 amide bonds. The number of hydrogen-bond donors (Lipinski definition) is 0. The van der Waals surface area contributed by atoms with Crippen molar-refractivity contribution in [1.29, 1.82) is 0 Å². The molecule has 0 saturated carbocycles. The van der Waals surface area contributed by atoms with E-state index in [2.05, 4.69) is 15.1 Å². The van der Waals surface area contributed by atoms with Gasteiger partial charge in [-0.25, -0.2) is 14.6 Å². The topological polar surface area (TPSA) is 62.1 Å². The van der Waals surface area contributed by atoms with Gasteiger partial charge in [-0.2, -0.15) is 5.10 Å². The fraction of sp³-hybridized carbons (Fsp3) is 0.500. The smallest absolute Gasteiger partial charge is 0.398 e. The summed E-state index contributed by atoms with van der Waals surface area (Å²) in [4.78, 5) is 8.75. The van der Waals surface area contributed by atoms with Crippen LogP contribution in [0.15, 0.2) is 24.5 Å². The summed E-state index contributed by atoms with van der Waals surface area (Å²) in [7, 11) is -0.492. The van der Waals surface area contributed by atoms with E-state index in [4.69, 9.17) is 9.31 Å². The van der Waals surface area contributed by atoms with Crippen LogP contribution in [0.25, 0.3) is 5.95 Å². The molecule has 0 aromatic carbocycles. The molecule has 0 unspecified atom stereocenters. The van der Waals surface area contributed by atoms with Crippen molar-refractivity contribution in [2.24, 2.45) is 0 Å². The molecule has 0 bridgehead atoms. The maximum atomic E-state index is 6.00. The van der Waals surface area contributed by atoms with Crippen molar-refractivity contribution in [2.45, 2.75) is 45.8 Å². The zero-order chi connectivity index (χ0) is 15.3. The summed E-state index contributed by atoms with van der Waals surface area (Å²) in [6.07, 6.45) is 3.53. The number of aromatic nitrogens is 4. The Hall–Kier alpha value is -1.73. The summed E-state index contributed by atoms with van der Waals surface area (Å²) in [5, 5.41) is 4.32. The Morgan fingerprint density at radius 1 is 1.10 bits per heavy atom. The number of hydrogen-bond acceptors (Lipinski definition) is 5. The van der Waals surface area contributed by atoms with Gasteiger partial charge in [0.15, 0.2) is 0 Å². The second-order valence-electron chi connectivity index (χ2n) is 6.27. The Bertz CT molecular complexity index is 652. The van der Waals surface area contributed by atoms with E-state index in [-0.39, 0.29) is 11.2 Å². The normalized spacial score (nSPS) is 20.0. The monoisotopic (exact) mass is 286 g/mol. The molecule has 6 nitrogen and oxygen atoms in total. The first-order chi connectivity index (χ1) is 9.78. The summed E-state index contributed by atoms with van der Waals surface area (Å²) in [5.74, 6) is 0.510. The largest absolute Gasteiger partial charge is 0.514 e. The van der Waals surface area contributed by atoms with Gasteiger partial charge in [-0.1, -0.05) is 0 Å². The second kappa shape index (κ2) is 4.64. The summed E-state index contributed by atoms with van der Waals surface area (Å²) < 4.78 is 13.7. The Labute approximate surface area is 124 Å². The van der Waals surface area contributed by atoms with Gasteiger partial charge in [-0.05, 0) is 46.8 Å². The Kier molecular flexibility index (Phi) is 3.14. The van der Waals surface area contributed by atoms with Gasteiger partial charge in [0, 0.05) is 12.4 Å². The maximum absolute atomic E-state index is 6.00. The lowest BCUT2D eigenvalue weighted by Gasteiger charge is -2.32. The van der Waals surface area contributed by atoms with Crippen molar-refractivity contribution in [2.75, 3.05) is 0 Å². The van der Waals surface area contributed by atoms with Gasteiger partial charge in [0.05, 0.1) is 22.5 Å². The van der Waals surface area contributed by atoms with Crippen LogP contribution in [0.4, 0.5) is 0 Å². The minimum atomic E-state index is -0.492. The number of nitrogens with zero attached hydrogens (tertiary/aromatic N) is 4. The zero-order valence-electron chi connectivity index (χ0n) is 13.0. The molecule has 3 rings (SSSR count). The van der Waals surface area contributed by atoms with Gasteiger partial charge in [0.2, 0.25) is 5.95 Å². The fourth-order valence-corrected chi connectivity index (χ4v) is 2.09. The molecule has 1 aliphatic rings. The van der Waals surface area contributed by atoms with E-state index in [9.17, 15) is 0 Å². The summed E-state index contributed by atoms with van der Waals surface area (Å²) in [6, 6.07) is 3.72. The average Bonchev–Trinajstić information content (AvgIpc) is 2.92. The standard InChI is InChI=1S/C14H19BN4O2/c1-10-7-9-19(18-10)12-16-8-6-11(17-12)15-20-13(2,3)14(4,5)21-15/h6-9H,1-5H3. The maximum Gasteiger partial charge on any atom is 0.514 e. The molecule has 2 aromatic rings. The Morgan fingerprint density at radius 3 is 2.33 bits per heavy atom. The highest BCUT2D eigenvalue weighted by atomic mass is 16.7. The third-order valence-corrected chi connectivity index (χ3v) is 4.09. The molecule has 0 aliphatic carbocycles. The molecule has 1 fully saturated rings. The summed E-state index contributed by atoms with van der Waals surface area (Å²) in [5.41, 5.74) is 0.849. The van der Waals surface area contributed by atoms with Gasteiger partial charge >= 0.3 is 7.12 Å². The highest BCUT2D eigenvalue weighted by Gasteiger charge is 2.52. The highest BCUT2D eigenvalue weighted by molar-refractivity contribution is 6.61. The molecule has 110 valence electrons. The first kappa shape index (κ1) is 14.2. The molecule has 0 spiro atoms. The van der Waals surface area contributed by atoms with E-state index in [1.165, 1.54) is 0 Å². The van der Waals surface area contributed by atoms with Crippen molar-refractivity contribution in [1.82, 2.24) is 19.7 Å². The first-order valence-electron chi connectivity index (χ1n) is 7.00. The molecular formula is C14H19BN4O2. The van der Waals surface area contributed by atoms with Crippen LogP contribution < -0.4 is 5.59 Å². The van der Waals surface area contributed by atoms with Crippen molar-refractivity contribution >= 4 is 12.7 Å². The zero-order valence-corrected chi connectivity index (χ0v) is 13.0. The summed E-state index contributed by atoms with van der Waals surface area (Å²) in [6.45, 7) is 10.0. The van der Waals surface area contributed by atoms with E-state index in [0.717, 1.165) is 5.69 Å². The molecule has 7 heteroatoms. The SMILES string of the molecule is Cc1ccn(-c2nccc(B3OC(C)(C)C(C)(C)O3)n2)n1. The fourth-order valence-electron chi connectivity index (χ4n) is 2.09. The van der Waals surface area contributed by atoms with E-state index in [1.807, 2.05) is 52.9 Å². The van der Waals surface area contributed by atoms with Crippen molar-refractivity contribution in [3.8, 4) is 5.95 Å². The lowest BCUT2D eigenvalue weighted by atomic mass is 9.85. The molecule has 0 radical (unpaired) electrons. The van der Waals surface area contributed by atoms with Crippen LogP contribution in [0.5, 0.6) is 0 Å². The van der Waals surface area contributed by atoms with Crippen LogP contribution in [-0.2, 0) is 9.31 Å². The Balaban J connectivity index is 1.91. The number of aryl methyl sites for hydroxylation is 1. The molecule has 21 heavy (non-hydrogen) atoms. The Morgan fingerprint density at radius 2 is 1.76 bits per heavy atom. The van der Waals surface area contributed by atoms with Crippen molar-refractivity contribution in [3.63, 3.8) is 0 Å². The van der Waals surface area contributed by atoms with E-state index in [0.29, 0.717) is 11.5 Å². The first-order valence-corrected chi connectivity index (χ1v) is 7.00. The molecule has 2 aromatic heterocycles. The molecular weight excluding hydrogens is 267 g/mol. The lowest BCUT2D eigenvalue weighted by molar-refractivity contribution is 0.00578. The minimum Gasteiger partial charge on any atom is -0.398 e. The van der Waals surface area contributed by atoms with Gasteiger partial charge in [-0.3, -0.25) is 0 Å². The average molecular weight is 286 g/mol. The van der Waals surface area contributed by atoms with Crippen LogP contribution in [0.3, 0.4) is 0 Å². The van der Waals surface area contributed by atoms with Crippen LogP contribution in [0, 0.1) is 6.92 Å². The molecule has 0 atom stereocenters. The summed E-state index contributed by atoms with van der Waals surface area (Å²) >= 11 is 0. The lowest BCUT2D eigenvalue weighted by Crippen LogP contribution is -2.41. The van der Waals surface area contributed by atoms with Crippen molar-refractivity contribution < 1.29 is 9.31 Å². The molecule has 1 saturated heterocycles. The van der Waals surface area contributed by atoms with E-state index >= 15 is 0 Å². The highest BCUT2D eigenvalue weighted by Crippen LogP contribution is 2.36. The van der Waals surface area contributed by atoms with Gasteiger partial charge < -0.3 is 9.31 Å². The van der Waals surface area contributed by atoms with Crippen LogP contribution in [0.2, 0.25) is 0 Å². The van der Waals surface area contributed by atoms with Crippen LogP contribution >= 0.6 is 0 Å². The van der Waals surface area contributed by atoms with E-state index < -0.39 is 7.12 Å². The second-order valence-corrected chi connectivity index (χ2v) is 6.27. The van der Waals surface area contributed by atoms with E-state index in [1.54, 1.807) is 10.9 Å². The predicted octanol–water partition coefficient (Wildman–Crippen LogP) is 1.27. The van der Waals surface area contributed by atoms with Crippen LogP contribution in [-0.4, -0.2) is 38.1 Å². The van der Waals surface area contributed by atoms with Gasteiger partial charge in [0.1, 0.15) is 0 Å². The molecule has 1 aliphatic heterocycles. The minimum absolute atomic E-state index is 0.384. The van der Waals surface area contributed by atoms with Gasteiger partial charge in [-0.15, -0.1) is 0 Å². The molecule has 0 N–H and O–H groups in total. The quantitative estimate of drug-likeness (QED) is 0.778. The van der Waals surface area contributed by atoms with Gasteiger partial charge in [0.25, 0.3) is 0 Å². The van der Waals surface area contributed by atoms with Crippen molar-refractivity contribution in [3.05, 3.63) is 30.2 Å².